The quantitative estimate of drug-likeness (QED) is 0.601. The predicted octanol–water partition coefficient (Wildman–Crippen LogP) is 2.95. The summed E-state index contributed by atoms with van der Waals surface area (Å²) in [6, 6.07) is 9.73. The molecule has 0 N–H and O–H groups in total. The topological polar surface area (TPSA) is 29.5 Å². The van der Waals surface area contributed by atoms with E-state index >= 15 is 0 Å². The van der Waals surface area contributed by atoms with Crippen LogP contribution >= 0.6 is 0 Å². The highest BCUT2D eigenvalue weighted by Crippen LogP contribution is 2.26. The standard InChI is InChI=1S/C16H17NO2/c18-16-14(12-17-9-5-2-6-10-17)11-15(19-16)13-7-3-1-4-8-13/h1,3-4,7-8,11-12H,2,5-6,9-10H2/b14-12+. The molecule has 0 aliphatic carbocycles. The van der Waals surface area contributed by atoms with Gasteiger partial charge in [-0.05, 0) is 25.3 Å². The van der Waals surface area contributed by atoms with Gasteiger partial charge in [0.05, 0.1) is 5.57 Å². The first-order valence-electron chi connectivity index (χ1n) is 6.78. The molecule has 0 radical (unpaired) electrons. The van der Waals surface area contributed by atoms with Crippen LogP contribution in [0, 0.1) is 0 Å². The van der Waals surface area contributed by atoms with Gasteiger partial charge in [0, 0.05) is 24.9 Å². The van der Waals surface area contributed by atoms with Crippen molar-refractivity contribution in [2.45, 2.75) is 19.3 Å². The van der Waals surface area contributed by atoms with Crippen molar-refractivity contribution in [2.75, 3.05) is 13.1 Å². The fourth-order valence-corrected chi connectivity index (χ4v) is 2.47. The fourth-order valence-electron chi connectivity index (χ4n) is 2.47. The Bertz CT molecular complexity index is 525. The fraction of sp³-hybridized carbons (Fsp3) is 0.312. The molecule has 1 fully saturated rings. The van der Waals surface area contributed by atoms with Crippen molar-refractivity contribution in [3.63, 3.8) is 0 Å². The smallest absolute Gasteiger partial charge is 0.345 e. The second-order valence-corrected chi connectivity index (χ2v) is 4.95. The lowest BCUT2D eigenvalue weighted by atomic mass is 10.1. The number of benzene rings is 1. The molecular formula is C16H17NO2. The number of rotatable bonds is 2. The Balaban J connectivity index is 1.81. The normalized spacial score (nSPS) is 21.5. The van der Waals surface area contributed by atoms with Crippen molar-refractivity contribution < 1.29 is 9.53 Å². The van der Waals surface area contributed by atoms with E-state index < -0.39 is 0 Å². The van der Waals surface area contributed by atoms with Gasteiger partial charge in [0.1, 0.15) is 5.76 Å². The molecule has 3 nitrogen and oxygen atoms in total. The second-order valence-electron chi connectivity index (χ2n) is 4.95. The number of piperidine rings is 1. The van der Waals surface area contributed by atoms with Crippen molar-refractivity contribution in [2.24, 2.45) is 0 Å². The third-order valence-corrected chi connectivity index (χ3v) is 3.50. The van der Waals surface area contributed by atoms with Crippen LogP contribution in [0.15, 0.2) is 48.2 Å². The minimum absolute atomic E-state index is 0.246. The zero-order valence-electron chi connectivity index (χ0n) is 10.8. The summed E-state index contributed by atoms with van der Waals surface area (Å²) in [6.45, 7) is 2.07. The number of esters is 1. The number of carbonyl (C=O) groups is 1. The highest BCUT2D eigenvalue weighted by atomic mass is 16.5. The van der Waals surface area contributed by atoms with Crippen LogP contribution in [0.25, 0.3) is 5.76 Å². The summed E-state index contributed by atoms with van der Waals surface area (Å²) >= 11 is 0. The Morgan fingerprint density at radius 1 is 1.05 bits per heavy atom. The number of likely N-dealkylation sites (tertiary alicyclic amines) is 1. The van der Waals surface area contributed by atoms with Crippen LogP contribution in [0.2, 0.25) is 0 Å². The molecule has 2 aliphatic heterocycles. The van der Waals surface area contributed by atoms with Gasteiger partial charge in [-0.1, -0.05) is 30.3 Å². The first-order valence-corrected chi connectivity index (χ1v) is 6.78. The molecule has 0 unspecified atom stereocenters. The Labute approximate surface area is 113 Å². The van der Waals surface area contributed by atoms with Gasteiger partial charge in [-0.3, -0.25) is 0 Å². The van der Waals surface area contributed by atoms with E-state index in [-0.39, 0.29) is 5.97 Å². The average Bonchev–Trinajstić information content (AvgIpc) is 2.82. The summed E-state index contributed by atoms with van der Waals surface area (Å²) in [5.74, 6) is 0.401. The molecule has 1 aromatic rings. The van der Waals surface area contributed by atoms with Gasteiger partial charge in [-0.2, -0.15) is 0 Å². The highest BCUT2D eigenvalue weighted by Gasteiger charge is 2.22. The van der Waals surface area contributed by atoms with Gasteiger partial charge < -0.3 is 9.64 Å². The van der Waals surface area contributed by atoms with Crippen LogP contribution in [0.4, 0.5) is 0 Å². The summed E-state index contributed by atoms with van der Waals surface area (Å²) < 4.78 is 5.33. The molecule has 1 saturated heterocycles. The van der Waals surface area contributed by atoms with E-state index in [2.05, 4.69) is 4.90 Å². The highest BCUT2D eigenvalue weighted by molar-refractivity contribution is 6.01. The Kier molecular flexibility index (Phi) is 3.36. The van der Waals surface area contributed by atoms with Crippen LogP contribution < -0.4 is 0 Å². The molecule has 98 valence electrons. The van der Waals surface area contributed by atoms with E-state index in [0.717, 1.165) is 18.7 Å². The molecule has 3 heteroatoms. The van der Waals surface area contributed by atoms with E-state index in [1.54, 1.807) is 0 Å². The first-order chi connectivity index (χ1) is 9.33. The van der Waals surface area contributed by atoms with Gasteiger partial charge in [0.2, 0.25) is 0 Å². The van der Waals surface area contributed by atoms with Crippen molar-refractivity contribution in [1.29, 1.82) is 0 Å². The van der Waals surface area contributed by atoms with E-state index in [1.165, 1.54) is 19.3 Å². The molecule has 0 bridgehead atoms. The molecule has 3 rings (SSSR count). The average molecular weight is 255 g/mol. The van der Waals surface area contributed by atoms with Gasteiger partial charge in [-0.15, -0.1) is 0 Å². The van der Waals surface area contributed by atoms with E-state index in [1.807, 2.05) is 42.6 Å². The number of nitrogens with zero attached hydrogens (tertiary/aromatic N) is 1. The van der Waals surface area contributed by atoms with Crippen LogP contribution in [-0.2, 0) is 9.53 Å². The molecule has 19 heavy (non-hydrogen) atoms. The first kappa shape index (κ1) is 12.0. The number of hydrogen-bond donors (Lipinski definition) is 0. The SMILES string of the molecule is O=C1OC(c2ccccc2)=C/C1=C\N1CCCCC1. The van der Waals surface area contributed by atoms with Gasteiger partial charge in [0.25, 0.3) is 0 Å². The summed E-state index contributed by atoms with van der Waals surface area (Å²) in [5, 5.41) is 0. The van der Waals surface area contributed by atoms with Crippen LogP contribution in [0.5, 0.6) is 0 Å². The summed E-state index contributed by atoms with van der Waals surface area (Å²) in [7, 11) is 0. The summed E-state index contributed by atoms with van der Waals surface area (Å²) in [4.78, 5) is 14.1. The minimum Gasteiger partial charge on any atom is -0.422 e. The molecule has 0 aromatic heterocycles. The molecule has 2 aliphatic rings. The maximum Gasteiger partial charge on any atom is 0.345 e. The van der Waals surface area contributed by atoms with Crippen LogP contribution in [-0.4, -0.2) is 24.0 Å². The Morgan fingerprint density at radius 2 is 1.79 bits per heavy atom. The van der Waals surface area contributed by atoms with Crippen LogP contribution in [0.3, 0.4) is 0 Å². The lowest BCUT2D eigenvalue weighted by Gasteiger charge is -2.25. The third kappa shape index (κ3) is 2.70. The Morgan fingerprint density at radius 3 is 2.53 bits per heavy atom. The van der Waals surface area contributed by atoms with Crippen molar-refractivity contribution >= 4 is 11.7 Å². The van der Waals surface area contributed by atoms with E-state index in [9.17, 15) is 4.79 Å². The van der Waals surface area contributed by atoms with Crippen molar-refractivity contribution in [3.05, 3.63) is 53.7 Å². The third-order valence-electron chi connectivity index (χ3n) is 3.50. The van der Waals surface area contributed by atoms with Crippen molar-refractivity contribution in [1.82, 2.24) is 4.90 Å². The summed E-state index contributed by atoms with van der Waals surface area (Å²) in [6.07, 6.45) is 7.47. The van der Waals surface area contributed by atoms with Crippen molar-refractivity contribution in [3.8, 4) is 0 Å². The lowest BCUT2D eigenvalue weighted by molar-refractivity contribution is -0.131. The van der Waals surface area contributed by atoms with E-state index in [0.29, 0.717) is 11.3 Å². The monoisotopic (exact) mass is 255 g/mol. The maximum absolute atomic E-state index is 11.9. The zero-order chi connectivity index (χ0) is 13.1. The number of ether oxygens (including phenoxy) is 1. The molecule has 0 amide bonds. The second kappa shape index (κ2) is 5.31. The lowest BCUT2D eigenvalue weighted by Crippen LogP contribution is -2.25. The van der Waals surface area contributed by atoms with Gasteiger partial charge in [0.15, 0.2) is 0 Å². The van der Waals surface area contributed by atoms with E-state index in [4.69, 9.17) is 4.74 Å². The molecule has 1 aromatic carbocycles. The zero-order valence-corrected chi connectivity index (χ0v) is 10.8. The molecule has 2 heterocycles. The number of carbonyl (C=O) groups excluding carboxylic acids is 1. The predicted molar refractivity (Wildman–Crippen MR) is 74.0 cm³/mol. The Hall–Kier alpha value is -2.03. The molecular weight excluding hydrogens is 238 g/mol. The molecule has 0 saturated carbocycles. The number of hydrogen-bond acceptors (Lipinski definition) is 3. The van der Waals surface area contributed by atoms with Gasteiger partial charge >= 0.3 is 5.97 Å². The largest absolute Gasteiger partial charge is 0.422 e. The van der Waals surface area contributed by atoms with Gasteiger partial charge in [-0.25, -0.2) is 4.79 Å². The summed E-state index contributed by atoms with van der Waals surface area (Å²) in [5.41, 5.74) is 1.60. The van der Waals surface area contributed by atoms with Crippen LogP contribution in [0.1, 0.15) is 24.8 Å². The minimum atomic E-state index is -0.246. The number of cyclic esters (lactones) is 1. The molecule has 0 atom stereocenters. The maximum atomic E-state index is 11.9. The molecule has 0 spiro atoms.